The molecule has 0 fully saturated rings. The van der Waals surface area contributed by atoms with E-state index in [4.69, 9.17) is 9.15 Å². The fourth-order valence-corrected chi connectivity index (χ4v) is 9.58. The van der Waals surface area contributed by atoms with Crippen LogP contribution in [0.4, 0.5) is 6.01 Å². The lowest BCUT2D eigenvalue weighted by Crippen LogP contribution is -2.59. The van der Waals surface area contributed by atoms with Crippen molar-refractivity contribution in [2.45, 2.75) is 42.2 Å². The zero-order valence-corrected chi connectivity index (χ0v) is 26.6. The van der Waals surface area contributed by atoms with Gasteiger partial charge in [0.15, 0.2) is 5.58 Å². The topological polar surface area (TPSA) is 156 Å². The van der Waals surface area contributed by atoms with Gasteiger partial charge in [-0.3, -0.25) is 0 Å². The van der Waals surface area contributed by atoms with E-state index < -0.39 is 48.0 Å². The van der Waals surface area contributed by atoms with Crippen LogP contribution in [-0.2, 0) is 31.4 Å². The van der Waals surface area contributed by atoms with E-state index in [0.717, 1.165) is 5.56 Å². The molecule has 0 spiro atoms. The Bertz CT molecular complexity index is 1910. The van der Waals surface area contributed by atoms with E-state index in [2.05, 4.69) is 10.3 Å². The second-order valence-electron chi connectivity index (χ2n) is 10.4. The van der Waals surface area contributed by atoms with Crippen LogP contribution in [0, 0.1) is 0 Å². The summed E-state index contributed by atoms with van der Waals surface area (Å²) in [5.41, 5.74) is 1.34. The third-order valence-corrected chi connectivity index (χ3v) is 12.5. The second kappa shape index (κ2) is 13.8. The number of carbonyl (C=O) groups excluding carboxylic acids is 1. The van der Waals surface area contributed by atoms with Crippen molar-refractivity contribution in [3.8, 4) is 5.75 Å². The number of benzene rings is 4. The number of carboxylic acids is 1. The molecule has 0 radical (unpaired) electrons. The van der Waals surface area contributed by atoms with E-state index in [1.807, 2.05) is 6.07 Å². The summed E-state index contributed by atoms with van der Waals surface area (Å²) in [5, 5.41) is 14.5. The summed E-state index contributed by atoms with van der Waals surface area (Å²) < 4.78 is 68.5. The first-order chi connectivity index (χ1) is 22.1. The molecule has 1 unspecified atom stereocenters. The van der Waals surface area contributed by atoms with Gasteiger partial charge < -0.3 is 24.4 Å². The molecule has 1 aromatic heterocycles. The standard InChI is InChI=1S/C33H33N3O8S2/c1-2-30(32(37)38)43-26-14-11-13-25(23-26)24-34-21-12-22-36(45(39,40)27-15-5-3-6-16-27,46(41,42)28-17-7-4-8-18-28)33-35-29-19-9-10-20-31(29)44-33/h3-11,13-20,23,30,34H,2,12,21-22,24H2,1H3. The number of aliphatic carboxylic acids is 1. The zero-order valence-electron chi connectivity index (χ0n) is 25.0. The Morgan fingerprint density at radius 1 is 0.870 bits per heavy atom. The Morgan fingerprint density at radius 2 is 1.48 bits per heavy atom. The van der Waals surface area contributed by atoms with Gasteiger partial charge in [-0.25, -0.2) is 0 Å². The summed E-state index contributed by atoms with van der Waals surface area (Å²) in [5.74, 6) is -0.938. The predicted molar refractivity (Wildman–Crippen MR) is 170 cm³/mol. The number of oxazole rings is 1. The van der Waals surface area contributed by atoms with E-state index in [1.54, 1.807) is 61.5 Å². The molecule has 1 heterocycles. The minimum absolute atomic E-state index is 0.0790. The molecule has 0 amide bonds. The molecular formula is C33H33N3O8S2. The van der Waals surface area contributed by atoms with Crippen LogP contribution < -0.4 is 18.5 Å². The van der Waals surface area contributed by atoms with Gasteiger partial charge in [-0.15, -0.1) is 0 Å². The molecule has 1 atom stereocenters. The normalized spacial score (nSPS) is 13.0. The van der Waals surface area contributed by atoms with Gasteiger partial charge in [-0.2, -0.15) is 21.8 Å². The Labute approximate surface area is 267 Å². The van der Waals surface area contributed by atoms with E-state index in [9.17, 15) is 26.7 Å². The quantitative estimate of drug-likeness (QED) is 0.128. The summed E-state index contributed by atoms with van der Waals surface area (Å²) in [4.78, 5) is 15.3. The number of nitrogens with zero attached hydrogens (tertiary/aromatic N) is 2. The highest BCUT2D eigenvalue weighted by atomic mass is 32.3. The molecule has 11 nitrogen and oxygen atoms in total. The number of aromatic nitrogens is 1. The maximum absolute atomic E-state index is 14.6. The molecule has 0 bridgehead atoms. The summed E-state index contributed by atoms with van der Waals surface area (Å²) in [6, 6.07) is 27.8. The van der Waals surface area contributed by atoms with Crippen molar-refractivity contribution in [1.82, 2.24) is 13.6 Å². The Kier molecular flexibility index (Phi) is 9.87. The van der Waals surface area contributed by atoms with Crippen LogP contribution in [0.5, 0.6) is 5.75 Å². The molecule has 46 heavy (non-hydrogen) atoms. The summed E-state index contributed by atoms with van der Waals surface area (Å²) in [6.45, 7) is 1.79. The molecule has 0 aliphatic rings. The maximum Gasteiger partial charge on any atom is 0.437 e. The van der Waals surface area contributed by atoms with Gasteiger partial charge >= 0.3 is 26.1 Å². The average Bonchev–Trinajstić information content (AvgIpc) is 3.50. The van der Waals surface area contributed by atoms with Crippen molar-refractivity contribution < 1.29 is 35.9 Å². The fourth-order valence-electron chi connectivity index (χ4n) is 5.04. The van der Waals surface area contributed by atoms with Crippen LogP contribution in [0.2, 0.25) is 0 Å². The highest BCUT2D eigenvalue weighted by Crippen LogP contribution is 2.40. The first kappa shape index (κ1) is 32.8. The van der Waals surface area contributed by atoms with Gasteiger partial charge in [0.2, 0.25) is 0 Å². The van der Waals surface area contributed by atoms with Crippen LogP contribution in [0.25, 0.3) is 11.1 Å². The number of para-hydroxylation sites is 2. The van der Waals surface area contributed by atoms with Gasteiger partial charge in [0.1, 0.15) is 33.7 Å². The number of quaternary nitrogens is 1. The van der Waals surface area contributed by atoms with Gasteiger partial charge in [-0.1, -0.05) is 67.6 Å². The number of hydrogen-bond acceptors (Lipinski definition) is 10. The first-order valence-corrected chi connectivity index (χ1v) is 17.5. The molecule has 5 aromatic rings. The van der Waals surface area contributed by atoms with Crippen molar-refractivity contribution in [3.63, 3.8) is 0 Å². The zero-order chi connectivity index (χ0) is 32.8. The lowest BCUT2D eigenvalue weighted by Gasteiger charge is -2.31. The Hall–Kier alpha value is -4.56. The molecule has 0 saturated carbocycles. The Balaban J connectivity index is 1.50. The third-order valence-electron chi connectivity index (χ3n) is 7.38. The SMILES string of the molecule is CCC(Oc1cccc(CNCCC[N+](c2nc3ccccc3o2)(S(=O)(=O)c2ccccc2)S(=O)(=O)c2ccccc2)c1)C(=O)[O-]. The fraction of sp³-hybridized carbons (Fsp3) is 0.212. The predicted octanol–water partition coefficient (Wildman–Crippen LogP) is 4.00. The number of carbonyl (C=O) groups is 1. The smallest absolute Gasteiger partial charge is 0.437 e. The number of rotatable bonds is 15. The molecule has 4 aromatic carbocycles. The third kappa shape index (κ3) is 6.40. The molecule has 0 aliphatic carbocycles. The minimum atomic E-state index is -4.74. The lowest BCUT2D eigenvalue weighted by molar-refractivity contribution is -0.313. The van der Waals surface area contributed by atoms with Crippen LogP contribution in [0.1, 0.15) is 25.3 Å². The lowest BCUT2D eigenvalue weighted by atomic mass is 10.2. The Morgan fingerprint density at radius 3 is 2.07 bits per heavy atom. The maximum atomic E-state index is 14.6. The van der Waals surface area contributed by atoms with Crippen molar-refractivity contribution in [2.24, 2.45) is 0 Å². The van der Waals surface area contributed by atoms with Crippen LogP contribution in [0.15, 0.2) is 123 Å². The van der Waals surface area contributed by atoms with E-state index in [-0.39, 0.29) is 34.8 Å². The van der Waals surface area contributed by atoms with E-state index in [1.165, 1.54) is 48.5 Å². The van der Waals surface area contributed by atoms with Gasteiger partial charge in [0.05, 0.1) is 5.97 Å². The molecule has 0 saturated heterocycles. The number of ether oxygens (including phenoxy) is 1. The van der Waals surface area contributed by atoms with Crippen LogP contribution in [0.3, 0.4) is 0 Å². The largest absolute Gasteiger partial charge is 0.546 e. The second-order valence-corrected chi connectivity index (χ2v) is 14.8. The monoisotopic (exact) mass is 663 g/mol. The molecule has 1 N–H and O–H groups in total. The highest BCUT2D eigenvalue weighted by Gasteiger charge is 2.60. The van der Waals surface area contributed by atoms with Crippen LogP contribution >= 0.6 is 0 Å². The minimum Gasteiger partial charge on any atom is -0.546 e. The van der Waals surface area contributed by atoms with Crippen molar-refractivity contribution in [1.29, 1.82) is 0 Å². The van der Waals surface area contributed by atoms with Crippen LogP contribution in [-0.4, -0.2) is 47.0 Å². The van der Waals surface area contributed by atoms with Gasteiger partial charge in [0.25, 0.3) is 0 Å². The van der Waals surface area contributed by atoms with E-state index in [0.29, 0.717) is 17.8 Å². The number of carboxylic acid groups (broad SMARTS) is 1. The van der Waals surface area contributed by atoms with Gasteiger partial charge in [-0.05, 0) is 63.8 Å². The average molecular weight is 664 g/mol. The highest BCUT2D eigenvalue weighted by molar-refractivity contribution is 8.07. The molecule has 5 rings (SSSR count). The molecule has 13 heteroatoms. The molecular weight excluding hydrogens is 631 g/mol. The number of nitrogens with one attached hydrogen (secondary N) is 1. The molecule has 240 valence electrons. The summed E-state index contributed by atoms with van der Waals surface area (Å²) in [6.07, 6.45) is -0.766. The van der Waals surface area contributed by atoms with Crippen molar-refractivity contribution in [2.75, 3.05) is 13.1 Å². The summed E-state index contributed by atoms with van der Waals surface area (Å²) in [7, 11) is -9.48. The van der Waals surface area contributed by atoms with E-state index >= 15 is 0 Å². The number of sulfonamides is 2. The number of hydrogen-bond donors (Lipinski definition) is 1. The van der Waals surface area contributed by atoms with Gasteiger partial charge in [0, 0.05) is 19.5 Å². The van der Waals surface area contributed by atoms with Crippen molar-refractivity contribution in [3.05, 3.63) is 115 Å². The first-order valence-electron chi connectivity index (χ1n) is 14.6. The van der Waals surface area contributed by atoms with Crippen molar-refractivity contribution >= 4 is 43.1 Å². The number of fused-ring (bicyclic) bond motifs is 1. The molecule has 0 aliphatic heterocycles. The summed E-state index contributed by atoms with van der Waals surface area (Å²) >= 11 is 0.